The van der Waals surface area contributed by atoms with Crippen LogP contribution in [0.1, 0.15) is 73.5 Å². The summed E-state index contributed by atoms with van der Waals surface area (Å²) in [5.74, 6) is -0.0492. The van der Waals surface area contributed by atoms with Crippen molar-refractivity contribution in [3.05, 3.63) is 95.1 Å². The normalized spacial score (nSPS) is 14.6. The van der Waals surface area contributed by atoms with Crippen molar-refractivity contribution in [2.45, 2.75) is 72.1 Å². The lowest BCUT2D eigenvalue weighted by Crippen LogP contribution is -2.39. The second-order valence-corrected chi connectivity index (χ2v) is 10.4. The van der Waals surface area contributed by atoms with Crippen LogP contribution in [0, 0.1) is 0 Å². The van der Waals surface area contributed by atoms with Gasteiger partial charge < -0.3 is 19.4 Å². The Bertz CT molecular complexity index is 1460. The Morgan fingerprint density at radius 1 is 1.00 bits per heavy atom. The summed E-state index contributed by atoms with van der Waals surface area (Å²) in [6.45, 7) is 9.46. The molecule has 0 aliphatic carbocycles. The fourth-order valence-electron chi connectivity index (χ4n) is 5.31. The number of aromatic nitrogens is 1. The van der Waals surface area contributed by atoms with Crippen LogP contribution < -0.4 is 5.32 Å². The number of nitrogens with one attached hydrogen (secondary N) is 1. The number of carbonyl (C=O) groups is 2. The minimum atomic E-state index is -0.441. The second kappa shape index (κ2) is 13.3. The molecule has 6 heteroatoms. The summed E-state index contributed by atoms with van der Waals surface area (Å²) in [7, 11) is 1.40. The van der Waals surface area contributed by atoms with E-state index in [9.17, 15) is 9.59 Å². The number of benzene rings is 3. The van der Waals surface area contributed by atoms with Crippen LogP contribution in [0.5, 0.6) is 0 Å². The van der Waals surface area contributed by atoms with Gasteiger partial charge in [0.25, 0.3) is 0 Å². The van der Waals surface area contributed by atoms with Crippen LogP contribution in [0.15, 0.2) is 72.8 Å². The molecule has 40 heavy (non-hydrogen) atoms. The Kier molecular flexibility index (Phi) is 9.65. The molecule has 210 valence electrons. The summed E-state index contributed by atoms with van der Waals surface area (Å²) in [5, 5.41) is 4.23. The summed E-state index contributed by atoms with van der Waals surface area (Å²) in [6, 6.07) is 23.6. The van der Waals surface area contributed by atoms with E-state index < -0.39 is 6.09 Å². The van der Waals surface area contributed by atoms with E-state index in [2.05, 4.69) is 55.8 Å². The number of hydrogen-bond donors (Lipinski definition) is 1. The standard InChI is InChI=1S/C31H32N2O4.C3H8/c1-4-20(2)28-26-15-14-23(30(34)36-3)17-27(26)33-18-24(16-22-12-8-9-13-25(22)29(28)33)32-31(35)37-19-21-10-6-5-7-11-21;1-3-2/h5-15,17,20,24H,4,16,18-19H2,1-3H3,(H,32,35);3H2,1-2H3. The fourth-order valence-corrected chi connectivity index (χ4v) is 5.31. The van der Waals surface area contributed by atoms with E-state index in [1.54, 1.807) is 0 Å². The third kappa shape index (κ3) is 6.22. The number of fused-ring (bicyclic) bond motifs is 5. The number of nitrogens with zero attached hydrogens (tertiary/aromatic N) is 1. The molecule has 0 bridgehead atoms. The van der Waals surface area contributed by atoms with E-state index in [0.29, 0.717) is 24.4 Å². The maximum Gasteiger partial charge on any atom is 0.407 e. The van der Waals surface area contributed by atoms with Gasteiger partial charge in [0.2, 0.25) is 0 Å². The SMILES string of the molecule is CCC.CCC(C)c1c2n(c3cc(C(=O)OC)ccc13)CC(NC(=O)OCc1ccccc1)Cc1ccccc1-2. The van der Waals surface area contributed by atoms with Crippen molar-refractivity contribution in [2.75, 3.05) is 7.11 Å². The summed E-state index contributed by atoms with van der Waals surface area (Å²) in [5.41, 5.74) is 7.18. The van der Waals surface area contributed by atoms with Gasteiger partial charge in [-0.3, -0.25) is 0 Å². The highest BCUT2D eigenvalue weighted by Gasteiger charge is 2.29. The molecule has 1 aliphatic rings. The third-order valence-corrected chi connectivity index (χ3v) is 7.31. The van der Waals surface area contributed by atoms with Crippen LogP contribution >= 0.6 is 0 Å². The van der Waals surface area contributed by atoms with E-state index in [1.807, 2.05) is 54.6 Å². The van der Waals surface area contributed by atoms with E-state index in [0.717, 1.165) is 34.1 Å². The Labute approximate surface area is 237 Å². The molecular weight excluding hydrogens is 500 g/mol. The zero-order valence-corrected chi connectivity index (χ0v) is 24.2. The molecule has 4 aromatic rings. The molecular formula is C34H40N2O4. The zero-order valence-electron chi connectivity index (χ0n) is 24.2. The Morgan fingerprint density at radius 2 is 1.70 bits per heavy atom. The highest BCUT2D eigenvalue weighted by molar-refractivity contribution is 5.99. The molecule has 2 heterocycles. The average molecular weight is 541 g/mol. The van der Waals surface area contributed by atoms with Gasteiger partial charge in [-0.25, -0.2) is 9.59 Å². The first-order valence-corrected chi connectivity index (χ1v) is 14.2. The number of amides is 1. The minimum Gasteiger partial charge on any atom is -0.465 e. The topological polar surface area (TPSA) is 69.6 Å². The highest BCUT2D eigenvalue weighted by Crippen LogP contribution is 2.42. The number of methoxy groups -OCH3 is 1. The first-order valence-electron chi connectivity index (χ1n) is 14.2. The van der Waals surface area contributed by atoms with Crippen molar-refractivity contribution >= 4 is 23.0 Å². The van der Waals surface area contributed by atoms with Crippen LogP contribution in [0.4, 0.5) is 4.79 Å². The van der Waals surface area contributed by atoms with Gasteiger partial charge in [0.05, 0.1) is 24.4 Å². The number of ether oxygens (including phenoxy) is 2. The smallest absolute Gasteiger partial charge is 0.407 e. The lowest BCUT2D eigenvalue weighted by atomic mass is 9.90. The van der Waals surface area contributed by atoms with Crippen LogP contribution in [0.3, 0.4) is 0 Å². The maximum absolute atomic E-state index is 12.8. The van der Waals surface area contributed by atoms with E-state index in [1.165, 1.54) is 24.7 Å². The molecule has 0 saturated carbocycles. The predicted octanol–water partition coefficient (Wildman–Crippen LogP) is 7.88. The lowest BCUT2D eigenvalue weighted by Gasteiger charge is -2.19. The van der Waals surface area contributed by atoms with E-state index >= 15 is 0 Å². The molecule has 2 unspecified atom stereocenters. The average Bonchev–Trinajstić information content (AvgIpc) is 3.19. The minimum absolute atomic E-state index is 0.187. The van der Waals surface area contributed by atoms with Crippen LogP contribution in [0.2, 0.25) is 0 Å². The number of hydrogen-bond acceptors (Lipinski definition) is 4. The Balaban J connectivity index is 0.00000118. The third-order valence-electron chi connectivity index (χ3n) is 7.31. The van der Waals surface area contributed by atoms with Crippen molar-refractivity contribution in [3.8, 4) is 11.3 Å². The number of esters is 1. The molecule has 1 amide bonds. The van der Waals surface area contributed by atoms with E-state index in [4.69, 9.17) is 9.47 Å². The maximum atomic E-state index is 12.8. The molecule has 1 aromatic heterocycles. The highest BCUT2D eigenvalue weighted by atomic mass is 16.5. The fraction of sp³-hybridized carbons (Fsp3) is 0.353. The van der Waals surface area contributed by atoms with Crippen molar-refractivity contribution in [1.82, 2.24) is 9.88 Å². The number of rotatable bonds is 6. The van der Waals surface area contributed by atoms with Gasteiger partial charge in [-0.2, -0.15) is 0 Å². The van der Waals surface area contributed by atoms with Gasteiger partial charge in [-0.1, -0.05) is 94.8 Å². The van der Waals surface area contributed by atoms with Crippen molar-refractivity contribution in [1.29, 1.82) is 0 Å². The Hall–Kier alpha value is -4.06. The van der Waals surface area contributed by atoms with Gasteiger partial charge in [0.15, 0.2) is 0 Å². The van der Waals surface area contributed by atoms with Crippen LogP contribution in [0.25, 0.3) is 22.2 Å². The summed E-state index contributed by atoms with van der Waals surface area (Å²) >= 11 is 0. The number of alkyl carbamates (subject to hydrolysis) is 1. The molecule has 0 radical (unpaired) electrons. The summed E-state index contributed by atoms with van der Waals surface area (Å²) in [6.07, 6.45) is 2.47. The van der Waals surface area contributed by atoms with Crippen molar-refractivity contribution in [2.24, 2.45) is 0 Å². The first-order chi connectivity index (χ1) is 19.4. The van der Waals surface area contributed by atoms with Crippen molar-refractivity contribution < 1.29 is 19.1 Å². The molecule has 5 rings (SSSR count). The van der Waals surface area contributed by atoms with Gasteiger partial charge in [0.1, 0.15) is 6.61 Å². The number of carbonyl (C=O) groups excluding carboxylic acids is 2. The molecule has 0 saturated heterocycles. The molecule has 3 aromatic carbocycles. The molecule has 2 atom stereocenters. The van der Waals surface area contributed by atoms with Crippen LogP contribution in [-0.4, -0.2) is 29.8 Å². The molecule has 1 aliphatic heterocycles. The monoisotopic (exact) mass is 540 g/mol. The largest absolute Gasteiger partial charge is 0.465 e. The lowest BCUT2D eigenvalue weighted by molar-refractivity contribution is 0.0601. The van der Waals surface area contributed by atoms with Gasteiger partial charge in [0, 0.05) is 23.0 Å². The molecule has 1 N–H and O–H groups in total. The van der Waals surface area contributed by atoms with Gasteiger partial charge in [-0.05, 0) is 47.6 Å². The van der Waals surface area contributed by atoms with Crippen LogP contribution in [-0.2, 0) is 29.0 Å². The first kappa shape index (κ1) is 28.9. The quantitative estimate of drug-likeness (QED) is 0.253. The zero-order chi connectivity index (χ0) is 28.6. The summed E-state index contributed by atoms with van der Waals surface area (Å²) < 4.78 is 12.8. The van der Waals surface area contributed by atoms with Gasteiger partial charge >= 0.3 is 12.1 Å². The van der Waals surface area contributed by atoms with E-state index in [-0.39, 0.29) is 18.6 Å². The predicted molar refractivity (Wildman–Crippen MR) is 161 cm³/mol. The van der Waals surface area contributed by atoms with Crippen molar-refractivity contribution in [3.63, 3.8) is 0 Å². The summed E-state index contributed by atoms with van der Waals surface area (Å²) in [4.78, 5) is 25.2. The second-order valence-electron chi connectivity index (χ2n) is 10.4. The molecule has 6 nitrogen and oxygen atoms in total. The molecule has 0 spiro atoms. The van der Waals surface area contributed by atoms with Gasteiger partial charge in [-0.15, -0.1) is 0 Å². The molecule has 0 fully saturated rings. The Morgan fingerprint density at radius 3 is 2.40 bits per heavy atom.